The van der Waals surface area contributed by atoms with Gasteiger partial charge in [-0.15, -0.1) is 0 Å². The molecule has 1 aromatic carbocycles. The highest BCUT2D eigenvalue weighted by Gasteiger charge is 2.40. The van der Waals surface area contributed by atoms with Crippen LogP contribution < -0.4 is 5.32 Å². The van der Waals surface area contributed by atoms with Crippen LogP contribution >= 0.6 is 12.2 Å². The van der Waals surface area contributed by atoms with Crippen LogP contribution in [0.1, 0.15) is 36.0 Å². The molecule has 0 spiro atoms. The number of hydrogen-bond donors (Lipinski definition) is 1. The lowest BCUT2D eigenvalue weighted by Gasteiger charge is -2.28. The van der Waals surface area contributed by atoms with Crippen molar-refractivity contribution in [3.05, 3.63) is 83.9 Å². The molecule has 0 amide bonds. The molecule has 0 aliphatic carbocycles. The summed E-state index contributed by atoms with van der Waals surface area (Å²) in [5, 5.41) is 3.93. The van der Waals surface area contributed by atoms with Gasteiger partial charge in [-0.2, -0.15) is 13.2 Å². The highest BCUT2D eigenvalue weighted by Crippen LogP contribution is 2.39. The monoisotopic (exact) mass is 416 g/mol. The predicted molar refractivity (Wildman–Crippen MR) is 109 cm³/mol. The molecule has 3 aromatic rings. The molecule has 1 aliphatic rings. The van der Waals surface area contributed by atoms with Gasteiger partial charge in [-0.05, 0) is 61.6 Å². The lowest BCUT2D eigenvalue weighted by atomic mass is 10.0. The van der Waals surface area contributed by atoms with Gasteiger partial charge in [0.25, 0.3) is 0 Å². The molecule has 2 atom stereocenters. The van der Waals surface area contributed by atoms with Gasteiger partial charge >= 0.3 is 6.18 Å². The number of thiocarbonyl (C=S) groups is 1. The topological polar surface area (TPSA) is 33.1 Å². The van der Waals surface area contributed by atoms with Crippen molar-refractivity contribution in [1.82, 2.24) is 19.8 Å². The molecular weight excluding hydrogens is 397 g/mol. The van der Waals surface area contributed by atoms with E-state index in [-0.39, 0.29) is 12.1 Å². The van der Waals surface area contributed by atoms with E-state index in [2.05, 4.69) is 10.3 Å². The summed E-state index contributed by atoms with van der Waals surface area (Å²) in [5.74, 6) is 0. The van der Waals surface area contributed by atoms with Gasteiger partial charge in [0.05, 0.1) is 23.3 Å². The number of nitrogens with zero attached hydrogens (tertiary/aromatic N) is 3. The third kappa shape index (κ3) is 3.60. The Labute approximate surface area is 172 Å². The predicted octanol–water partition coefficient (Wildman–Crippen LogP) is 4.88. The van der Waals surface area contributed by atoms with Gasteiger partial charge in [0.1, 0.15) is 0 Å². The van der Waals surface area contributed by atoms with Crippen molar-refractivity contribution in [2.45, 2.75) is 25.2 Å². The molecule has 0 bridgehead atoms. The fraction of sp³-hybridized carbons (Fsp3) is 0.238. The van der Waals surface area contributed by atoms with Crippen LogP contribution in [0.5, 0.6) is 0 Å². The minimum Gasteiger partial charge on any atom is -0.352 e. The zero-order valence-corrected chi connectivity index (χ0v) is 16.4. The van der Waals surface area contributed by atoms with E-state index in [9.17, 15) is 13.2 Å². The molecule has 3 heterocycles. The van der Waals surface area contributed by atoms with Crippen LogP contribution in [-0.4, -0.2) is 26.1 Å². The zero-order valence-electron chi connectivity index (χ0n) is 15.6. The second-order valence-electron chi connectivity index (χ2n) is 6.76. The largest absolute Gasteiger partial charge is 0.416 e. The molecule has 8 heteroatoms. The zero-order chi connectivity index (χ0) is 20.6. The molecule has 1 fully saturated rings. The maximum atomic E-state index is 13.2. The summed E-state index contributed by atoms with van der Waals surface area (Å²) in [6.45, 7) is 2.66. The van der Waals surface area contributed by atoms with Crippen LogP contribution in [0, 0.1) is 0 Å². The van der Waals surface area contributed by atoms with E-state index < -0.39 is 11.7 Å². The summed E-state index contributed by atoms with van der Waals surface area (Å²) in [4.78, 5) is 6.50. The van der Waals surface area contributed by atoms with Gasteiger partial charge in [0.15, 0.2) is 5.11 Å². The normalized spacial score (nSPS) is 19.4. The molecule has 0 unspecified atom stereocenters. The van der Waals surface area contributed by atoms with Crippen molar-refractivity contribution in [2.75, 3.05) is 6.54 Å². The Hall–Kier alpha value is -2.87. The number of benzene rings is 1. The van der Waals surface area contributed by atoms with Gasteiger partial charge in [-0.25, -0.2) is 0 Å². The first-order valence-corrected chi connectivity index (χ1v) is 9.64. The smallest absolute Gasteiger partial charge is 0.352 e. The Morgan fingerprint density at radius 3 is 2.62 bits per heavy atom. The van der Waals surface area contributed by atoms with Crippen molar-refractivity contribution < 1.29 is 13.2 Å². The van der Waals surface area contributed by atoms with E-state index in [0.29, 0.717) is 17.3 Å². The Bertz CT molecular complexity index is 1020. The Morgan fingerprint density at radius 1 is 1.10 bits per heavy atom. The van der Waals surface area contributed by atoms with Crippen molar-refractivity contribution in [2.24, 2.45) is 0 Å². The molecular formula is C21H19F3N4S. The number of pyridine rings is 1. The summed E-state index contributed by atoms with van der Waals surface area (Å²) >= 11 is 5.53. The standard InChI is InChI=1S/C21H19F3N4S/c1-2-27-19(18(26-20(27)29)16-9-3-4-11-25-16)17-10-6-12-28(17)15-8-5-7-14(13-15)21(22,23)24/h3-13,18-19H,2H2,1H3,(H,26,29)/t18-,19+/m1/s1. The first-order chi connectivity index (χ1) is 13.9. The third-order valence-corrected chi connectivity index (χ3v) is 5.43. The SMILES string of the molecule is CCN1C(=S)N[C@H](c2ccccn2)[C@@H]1c1cccn1-c1cccc(C(F)(F)F)c1. The average Bonchev–Trinajstić information content (AvgIpc) is 3.32. The van der Waals surface area contributed by atoms with E-state index in [1.54, 1.807) is 23.0 Å². The van der Waals surface area contributed by atoms with Gasteiger partial charge in [0, 0.05) is 30.3 Å². The minimum atomic E-state index is -4.40. The molecule has 1 saturated heterocycles. The third-order valence-electron chi connectivity index (χ3n) is 5.07. The number of halogens is 3. The molecule has 150 valence electrons. The molecule has 0 saturated carbocycles. The molecule has 1 aliphatic heterocycles. The van der Waals surface area contributed by atoms with Crippen LogP contribution in [0.2, 0.25) is 0 Å². The maximum absolute atomic E-state index is 13.2. The lowest BCUT2D eigenvalue weighted by molar-refractivity contribution is -0.137. The molecule has 4 rings (SSSR count). The molecule has 1 N–H and O–H groups in total. The first-order valence-electron chi connectivity index (χ1n) is 9.23. The van der Waals surface area contributed by atoms with E-state index in [4.69, 9.17) is 12.2 Å². The van der Waals surface area contributed by atoms with Crippen LogP contribution in [0.15, 0.2) is 67.0 Å². The summed E-state index contributed by atoms with van der Waals surface area (Å²) in [7, 11) is 0. The Morgan fingerprint density at radius 2 is 1.93 bits per heavy atom. The number of nitrogens with one attached hydrogen (secondary N) is 1. The highest BCUT2D eigenvalue weighted by molar-refractivity contribution is 7.80. The molecule has 4 nitrogen and oxygen atoms in total. The van der Waals surface area contributed by atoms with Crippen molar-refractivity contribution in [3.63, 3.8) is 0 Å². The van der Waals surface area contributed by atoms with Crippen molar-refractivity contribution >= 4 is 17.3 Å². The molecule has 0 radical (unpaired) electrons. The van der Waals surface area contributed by atoms with Crippen LogP contribution in [-0.2, 0) is 6.18 Å². The first kappa shape index (κ1) is 19.4. The van der Waals surface area contributed by atoms with E-state index in [1.165, 1.54) is 6.07 Å². The van der Waals surface area contributed by atoms with E-state index in [0.717, 1.165) is 23.5 Å². The molecule has 2 aromatic heterocycles. The summed E-state index contributed by atoms with van der Waals surface area (Å²) in [6, 6.07) is 14.3. The average molecular weight is 416 g/mol. The van der Waals surface area contributed by atoms with Crippen LogP contribution in [0.3, 0.4) is 0 Å². The lowest BCUT2D eigenvalue weighted by Crippen LogP contribution is -2.30. The van der Waals surface area contributed by atoms with Gasteiger partial charge in [-0.3, -0.25) is 4.98 Å². The second-order valence-corrected chi connectivity index (χ2v) is 7.15. The van der Waals surface area contributed by atoms with Gasteiger partial charge < -0.3 is 14.8 Å². The van der Waals surface area contributed by atoms with Crippen molar-refractivity contribution in [3.8, 4) is 5.69 Å². The van der Waals surface area contributed by atoms with Crippen LogP contribution in [0.4, 0.5) is 13.2 Å². The second kappa shape index (κ2) is 7.51. The summed E-state index contributed by atoms with van der Waals surface area (Å²) < 4.78 is 41.4. The Balaban J connectivity index is 1.80. The summed E-state index contributed by atoms with van der Waals surface area (Å²) in [6.07, 6.45) is -0.904. The number of aromatic nitrogens is 2. The van der Waals surface area contributed by atoms with E-state index >= 15 is 0 Å². The quantitative estimate of drug-likeness (QED) is 0.615. The fourth-order valence-electron chi connectivity index (χ4n) is 3.77. The molecule has 29 heavy (non-hydrogen) atoms. The van der Waals surface area contributed by atoms with Gasteiger partial charge in [-0.1, -0.05) is 12.1 Å². The maximum Gasteiger partial charge on any atom is 0.416 e. The fourth-order valence-corrected chi connectivity index (χ4v) is 4.14. The Kier molecular flexibility index (Phi) is 5.04. The summed E-state index contributed by atoms with van der Waals surface area (Å²) in [5.41, 5.74) is 1.44. The van der Waals surface area contributed by atoms with Crippen LogP contribution in [0.25, 0.3) is 5.69 Å². The number of alkyl halides is 3. The number of hydrogen-bond acceptors (Lipinski definition) is 2. The number of likely N-dealkylation sites (N-methyl/N-ethyl adjacent to an activating group) is 1. The van der Waals surface area contributed by atoms with Crippen molar-refractivity contribution in [1.29, 1.82) is 0 Å². The highest BCUT2D eigenvalue weighted by atomic mass is 32.1. The minimum absolute atomic E-state index is 0.202. The van der Waals surface area contributed by atoms with E-state index in [1.807, 2.05) is 42.2 Å². The van der Waals surface area contributed by atoms with Gasteiger partial charge in [0.2, 0.25) is 0 Å². The number of rotatable bonds is 4.